The van der Waals surface area contributed by atoms with Crippen LogP contribution in [0.2, 0.25) is 9.62 Å². The number of thiocarbonyl (C=S) groups is 4. The Balaban J connectivity index is -0.0000000714. The van der Waals surface area contributed by atoms with Gasteiger partial charge in [0.1, 0.15) is 0 Å². The molecule has 0 heterocycles. The van der Waals surface area contributed by atoms with Crippen LogP contribution in [0.15, 0.2) is 0 Å². The standard InChI is InChI=1S/2C4H9.4CH3NS2.Mo/c2*1-3-4-2;4*2-1(3)4;/h2*1,3-4H2,2H3;4*(H3,2,3,4);/q;;;;;;+4/p-4. The van der Waals surface area contributed by atoms with Crippen LogP contribution in [0.4, 0.5) is 0 Å². The number of hydrogen-bond acceptors (Lipinski definition) is 8. The molecule has 0 amide bonds. The van der Waals surface area contributed by atoms with Crippen LogP contribution >= 0.6 is 48.9 Å². The molecule has 0 aromatic carbocycles. The molecular weight excluding hydrogens is 553 g/mol. The quantitative estimate of drug-likeness (QED) is 0.161. The van der Waals surface area contributed by atoms with Crippen LogP contribution in [-0.2, 0) is 69.1 Å². The summed E-state index contributed by atoms with van der Waals surface area (Å²) < 4.78 is 0.333. The monoisotopic (exact) mass is 580 g/mol. The van der Waals surface area contributed by atoms with Gasteiger partial charge in [0.25, 0.3) is 0 Å². The van der Waals surface area contributed by atoms with Gasteiger partial charge >= 0.3 is 67.7 Å². The van der Waals surface area contributed by atoms with Crippen molar-refractivity contribution in [2.75, 3.05) is 0 Å². The average molecular weight is 579 g/mol. The summed E-state index contributed by atoms with van der Waals surface area (Å²) in [7, 11) is 0. The average Bonchev–Trinajstić information content (AvgIpc) is 2.36. The van der Waals surface area contributed by atoms with Crippen LogP contribution in [0.5, 0.6) is 0 Å². The minimum Gasteiger partial charge on any atom is -0.415 e. The first-order valence-electron chi connectivity index (χ1n) is 6.78. The Hall–Kier alpha value is 1.13. The second kappa shape index (κ2) is 36.1. The van der Waals surface area contributed by atoms with E-state index >= 15 is 0 Å². The summed E-state index contributed by atoms with van der Waals surface area (Å²) in [5.41, 5.74) is 18.6. The minimum absolute atomic E-state index is 0.0833. The SMILES string of the molecule is CCC[CH2][Mo+4][CH2]CCC.NC(=S)[S-].NC(=S)[S-].NC(=S)[S-].NC(=S)[S-]. The predicted octanol–water partition coefficient (Wildman–Crippen LogP) is 2.61. The van der Waals surface area contributed by atoms with Crippen molar-refractivity contribution >= 4 is 117 Å². The molecule has 0 fully saturated rings. The first-order valence-corrected chi connectivity index (χ1v) is 12.9. The largest absolute Gasteiger partial charge is 0.415 e. The third-order valence-electron chi connectivity index (χ3n) is 1.28. The normalized spacial score (nSPS) is 7.12. The van der Waals surface area contributed by atoms with E-state index in [1.807, 2.05) is 0 Å². The maximum Gasteiger partial charge on any atom is -0.0708 e. The van der Waals surface area contributed by atoms with Crippen molar-refractivity contribution in [1.82, 2.24) is 0 Å². The molecule has 0 aromatic rings. The van der Waals surface area contributed by atoms with E-state index in [0.29, 0.717) is 18.6 Å². The van der Waals surface area contributed by atoms with E-state index in [2.05, 4.69) is 136 Å². The Kier molecular flexibility index (Phi) is 53.4. The molecule has 148 valence electrons. The second-order valence-corrected chi connectivity index (χ2v) is 11.2. The molecule has 0 saturated heterocycles. The second-order valence-electron chi connectivity index (χ2n) is 3.60. The Bertz CT molecular complexity index is 262. The van der Waals surface area contributed by atoms with E-state index < -0.39 is 0 Å². The molecule has 0 aliphatic rings. The summed E-state index contributed by atoms with van der Waals surface area (Å²) >= 11 is 33.5. The van der Waals surface area contributed by atoms with Crippen molar-refractivity contribution < 1.29 is 18.6 Å². The van der Waals surface area contributed by atoms with E-state index in [1.165, 1.54) is 25.7 Å². The van der Waals surface area contributed by atoms with Crippen molar-refractivity contribution in [2.45, 2.75) is 49.2 Å². The van der Waals surface area contributed by atoms with Gasteiger partial charge in [-0.15, -0.1) is 0 Å². The molecule has 4 nitrogen and oxygen atoms in total. The fourth-order valence-corrected chi connectivity index (χ4v) is 3.52. The summed E-state index contributed by atoms with van der Waals surface area (Å²) in [6.45, 7) is 4.57. The van der Waals surface area contributed by atoms with Crippen molar-refractivity contribution in [3.8, 4) is 0 Å². The molecular formula is C12H26MoN4S8. The van der Waals surface area contributed by atoms with Crippen molar-refractivity contribution in [3.05, 3.63) is 0 Å². The molecule has 0 radical (unpaired) electrons. The van der Waals surface area contributed by atoms with Crippen molar-refractivity contribution in [1.29, 1.82) is 0 Å². The van der Waals surface area contributed by atoms with Gasteiger partial charge in [0.05, 0.1) is 0 Å². The number of hydrogen-bond donors (Lipinski definition) is 4. The van der Waals surface area contributed by atoms with Crippen LogP contribution in [-0.4, -0.2) is 17.3 Å². The molecule has 25 heavy (non-hydrogen) atoms. The molecule has 0 aliphatic heterocycles. The summed E-state index contributed by atoms with van der Waals surface area (Å²) in [5, 5.41) is 0. The van der Waals surface area contributed by atoms with E-state index in [0.717, 1.165) is 0 Å². The Labute approximate surface area is 205 Å². The van der Waals surface area contributed by atoms with Gasteiger partial charge in [-0.05, 0) is 0 Å². The van der Waals surface area contributed by atoms with Crippen LogP contribution in [0, 0.1) is 0 Å². The van der Waals surface area contributed by atoms with Crippen molar-refractivity contribution in [2.24, 2.45) is 22.9 Å². The molecule has 0 saturated carbocycles. The third kappa shape index (κ3) is 265. The molecule has 0 aliphatic carbocycles. The summed E-state index contributed by atoms with van der Waals surface area (Å²) in [4.78, 5) is 3.17. The maximum atomic E-state index is 4.66. The molecule has 0 atom stereocenters. The minimum atomic E-state index is 0.0833. The van der Waals surface area contributed by atoms with Gasteiger partial charge in [-0.2, -0.15) is 0 Å². The molecule has 13 heteroatoms. The van der Waals surface area contributed by atoms with Gasteiger partial charge in [0.2, 0.25) is 0 Å². The van der Waals surface area contributed by atoms with Crippen LogP contribution in [0.3, 0.4) is 0 Å². The zero-order valence-corrected chi connectivity index (χ0v) is 22.8. The molecule has 0 unspecified atom stereocenters. The molecule has 0 rings (SSSR count). The number of rotatable bonds is 6. The zero-order chi connectivity index (χ0) is 21.3. The fourth-order valence-electron chi connectivity index (χ4n) is 0.595. The van der Waals surface area contributed by atoms with Gasteiger partial charge in [-0.1, -0.05) is 17.3 Å². The molecule has 0 bridgehead atoms. The van der Waals surface area contributed by atoms with Gasteiger partial charge in [0, 0.05) is 0 Å². The smallest absolute Gasteiger partial charge is 0.0708 e. The van der Waals surface area contributed by atoms with Crippen LogP contribution in [0.1, 0.15) is 39.5 Å². The maximum absolute atomic E-state index is 4.66. The van der Waals surface area contributed by atoms with E-state index in [-0.39, 0.29) is 17.3 Å². The molecule has 8 N–H and O–H groups in total. The van der Waals surface area contributed by atoms with Crippen LogP contribution in [0.25, 0.3) is 0 Å². The summed E-state index contributed by atoms with van der Waals surface area (Å²) in [5.74, 6) is 0. The first kappa shape index (κ1) is 37.0. The summed E-state index contributed by atoms with van der Waals surface area (Å²) in [6, 6.07) is 0. The molecule has 0 aromatic heterocycles. The van der Waals surface area contributed by atoms with Crippen molar-refractivity contribution in [3.63, 3.8) is 0 Å². The Morgan fingerprint density at radius 1 is 0.640 bits per heavy atom. The van der Waals surface area contributed by atoms with E-state index in [9.17, 15) is 0 Å². The Morgan fingerprint density at radius 2 is 0.800 bits per heavy atom. The molecule has 0 spiro atoms. The van der Waals surface area contributed by atoms with Gasteiger partial charge in [-0.25, -0.2) is 0 Å². The van der Waals surface area contributed by atoms with Gasteiger partial charge < -0.3 is 122 Å². The third-order valence-corrected chi connectivity index (χ3v) is 4.12. The summed E-state index contributed by atoms with van der Waals surface area (Å²) in [6.07, 6.45) is 5.78. The van der Waals surface area contributed by atoms with Gasteiger partial charge in [0.15, 0.2) is 0 Å². The Morgan fingerprint density at radius 3 is 0.920 bits per heavy atom. The van der Waals surface area contributed by atoms with Crippen LogP contribution < -0.4 is 22.9 Å². The van der Waals surface area contributed by atoms with Gasteiger partial charge in [-0.3, -0.25) is 0 Å². The topological polar surface area (TPSA) is 104 Å². The van der Waals surface area contributed by atoms with E-state index in [4.69, 9.17) is 0 Å². The number of nitrogens with two attached hydrogens (primary N) is 4. The predicted molar refractivity (Wildman–Crippen MR) is 136 cm³/mol. The first-order chi connectivity index (χ1) is 11.3. The fraction of sp³-hybridized carbons (Fsp3) is 0.667. The number of unbranched alkanes of at least 4 members (excludes halogenated alkanes) is 2. The zero-order valence-electron chi connectivity index (χ0n) is 14.2. The van der Waals surface area contributed by atoms with E-state index in [1.54, 1.807) is 9.62 Å².